The van der Waals surface area contributed by atoms with Crippen molar-refractivity contribution in [1.29, 1.82) is 0 Å². The van der Waals surface area contributed by atoms with Crippen LogP contribution in [0.4, 0.5) is 0 Å². The van der Waals surface area contributed by atoms with Crippen molar-refractivity contribution in [3.8, 4) is 11.5 Å². The van der Waals surface area contributed by atoms with E-state index in [9.17, 15) is 4.79 Å². The van der Waals surface area contributed by atoms with Gasteiger partial charge in [0, 0.05) is 4.48 Å². The molecule has 0 spiro atoms. The lowest BCUT2D eigenvalue weighted by Gasteiger charge is -2.09. The molecule has 0 aliphatic heterocycles. The fourth-order valence-corrected chi connectivity index (χ4v) is 1.28. The molecule has 0 unspecified atom stereocenters. The first-order valence-electron chi connectivity index (χ1n) is 4.85. The van der Waals surface area contributed by atoms with Gasteiger partial charge in [0.1, 0.15) is 18.1 Å². The van der Waals surface area contributed by atoms with Crippen LogP contribution in [0.2, 0.25) is 0 Å². The Labute approximate surface area is 103 Å². The Kier molecular flexibility index (Phi) is 5.05. The summed E-state index contributed by atoms with van der Waals surface area (Å²) in [5.74, 6) is 1.19. The molecular formula is C12H13BrO3. The van der Waals surface area contributed by atoms with E-state index in [4.69, 9.17) is 9.47 Å². The molecule has 0 bridgehead atoms. The van der Waals surface area contributed by atoms with E-state index in [-0.39, 0.29) is 0 Å². The van der Waals surface area contributed by atoms with E-state index < -0.39 is 0 Å². The van der Waals surface area contributed by atoms with E-state index in [2.05, 4.69) is 22.5 Å². The van der Waals surface area contributed by atoms with Gasteiger partial charge in [-0.3, -0.25) is 4.79 Å². The Morgan fingerprint density at radius 3 is 2.81 bits per heavy atom. The predicted molar refractivity (Wildman–Crippen MR) is 66.6 cm³/mol. The molecule has 1 rings (SSSR count). The zero-order chi connectivity index (χ0) is 12.0. The van der Waals surface area contributed by atoms with Gasteiger partial charge in [0.2, 0.25) is 0 Å². The lowest BCUT2D eigenvalue weighted by Crippen LogP contribution is -2.00. The van der Waals surface area contributed by atoms with E-state index in [0.717, 1.165) is 10.8 Å². The van der Waals surface area contributed by atoms with Crippen LogP contribution in [0.3, 0.4) is 0 Å². The highest BCUT2D eigenvalue weighted by atomic mass is 79.9. The van der Waals surface area contributed by atoms with E-state index in [1.807, 2.05) is 6.92 Å². The maximum absolute atomic E-state index is 10.9. The zero-order valence-corrected chi connectivity index (χ0v) is 10.6. The van der Waals surface area contributed by atoms with Crippen molar-refractivity contribution >= 4 is 22.2 Å². The van der Waals surface area contributed by atoms with Crippen molar-refractivity contribution in [3.63, 3.8) is 0 Å². The molecule has 0 amide bonds. The molecule has 16 heavy (non-hydrogen) atoms. The van der Waals surface area contributed by atoms with Gasteiger partial charge in [-0.25, -0.2) is 0 Å². The minimum atomic E-state index is 0.328. The van der Waals surface area contributed by atoms with Crippen LogP contribution in [-0.2, 0) is 0 Å². The lowest BCUT2D eigenvalue weighted by molar-refractivity contribution is 0.111. The Bertz CT molecular complexity index is 388. The molecule has 3 nitrogen and oxygen atoms in total. The molecule has 0 N–H and O–H groups in total. The van der Waals surface area contributed by atoms with Crippen molar-refractivity contribution in [1.82, 2.24) is 0 Å². The maximum Gasteiger partial charge on any atom is 0.153 e. The van der Waals surface area contributed by atoms with E-state index in [1.165, 1.54) is 0 Å². The SMILES string of the molecule is C=C(Br)COc1ccc(OCC)cc1C=O. The summed E-state index contributed by atoms with van der Waals surface area (Å²) >= 11 is 3.19. The Morgan fingerprint density at radius 2 is 2.25 bits per heavy atom. The average molecular weight is 285 g/mol. The number of rotatable bonds is 6. The second-order valence-electron chi connectivity index (χ2n) is 3.06. The van der Waals surface area contributed by atoms with Crippen LogP contribution in [0.15, 0.2) is 29.3 Å². The summed E-state index contributed by atoms with van der Waals surface area (Å²) in [5.41, 5.74) is 0.472. The van der Waals surface area contributed by atoms with E-state index in [0.29, 0.717) is 30.3 Å². The average Bonchev–Trinajstić information content (AvgIpc) is 2.27. The summed E-state index contributed by atoms with van der Waals surface area (Å²) in [5, 5.41) is 0. The molecule has 0 aliphatic rings. The number of hydrogen-bond donors (Lipinski definition) is 0. The third-order valence-electron chi connectivity index (χ3n) is 1.80. The third kappa shape index (κ3) is 3.70. The predicted octanol–water partition coefficient (Wildman–Crippen LogP) is 3.19. The van der Waals surface area contributed by atoms with Crippen LogP contribution in [0.5, 0.6) is 11.5 Å². The monoisotopic (exact) mass is 284 g/mol. The van der Waals surface area contributed by atoms with E-state index >= 15 is 0 Å². The smallest absolute Gasteiger partial charge is 0.153 e. The minimum Gasteiger partial charge on any atom is -0.494 e. The van der Waals surface area contributed by atoms with Gasteiger partial charge in [-0.2, -0.15) is 0 Å². The van der Waals surface area contributed by atoms with Crippen molar-refractivity contribution in [2.45, 2.75) is 6.92 Å². The van der Waals surface area contributed by atoms with Crippen molar-refractivity contribution in [3.05, 3.63) is 34.8 Å². The first kappa shape index (κ1) is 12.8. The molecule has 1 aromatic rings. The highest BCUT2D eigenvalue weighted by molar-refractivity contribution is 9.11. The minimum absolute atomic E-state index is 0.328. The molecule has 0 atom stereocenters. The molecule has 0 fully saturated rings. The van der Waals surface area contributed by atoms with Gasteiger partial charge in [0.25, 0.3) is 0 Å². The number of ether oxygens (including phenoxy) is 2. The number of halogens is 1. The van der Waals surface area contributed by atoms with Gasteiger partial charge in [-0.05, 0) is 25.1 Å². The van der Waals surface area contributed by atoms with Crippen LogP contribution in [0, 0.1) is 0 Å². The van der Waals surface area contributed by atoms with Gasteiger partial charge in [0.05, 0.1) is 12.2 Å². The molecule has 0 aliphatic carbocycles. The normalized spacial score (nSPS) is 9.62. The van der Waals surface area contributed by atoms with Crippen LogP contribution < -0.4 is 9.47 Å². The van der Waals surface area contributed by atoms with Crippen LogP contribution in [0.1, 0.15) is 17.3 Å². The van der Waals surface area contributed by atoms with Gasteiger partial charge >= 0.3 is 0 Å². The standard InChI is InChI=1S/C12H13BrO3/c1-3-15-11-4-5-12(10(6-11)7-14)16-8-9(2)13/h4-7H,2-3,8H2,1H3. The van der Waals surface area contributed by atoms with Crippen LogP contribution in [0.25, 0.3) is 0 Å². The largest absolute Gasteiger partial charge is 0.494 e. The molecule has 0 saturated carbocycles. The third-order valence-corrected chi connectivity index (χ3v) is 2.03. The van der Waals surface area contributed by atoms with Gasteiger partial charge in [-0.15, -0.1) is 0 Å². The highest BCUT2D eigenvalue weighted by Crippen LogP contribution is 2.23. The van der Waals surface area contributed by atoms with Crippen LogP contribution >= 0.6 is 15.9 Å². The second-order valence-corrected chi connectivity index (χ2v) is 4.18. The fraction of sp³-hybridized carbons (Fsp3) is 0.250. The molecule has 86 valence electrons. The molecule has 1 aromatic carbocycles. The van der Waals surface area contributed by atoms with Crippen molar-refractivity contribution in [2.24, 2.45) is 0 Å². The summed E-state index contributed by atoms with van der Waals surface area (Å²) in [4.78, 5) is 10.9. The molecule has 0 saturated heterocycles. The molecule has 4 heteroatoms. The molecular weight excluding hydrogens is 272 g/mol. The molecule has 0 radical (unpaired) electrons. The van der Waals surface area contributed by atoms with Gasteiger partial charge in [-0.1, -0.05) is 22.5 Å². The fourth-order valence-electron chi connectivity index (χ4n) is 1.16. The molecule has 0 heterocycles. The Balaban J connectivity index is 2.84. The quantitative estimate of drug-likeness (QED) is 0.753. The molecule has 0 aromatic heterocycles. The topological polar surface area (TPSA) is 35.5 Å². The number of carbonyl (C=O) groups excluding carboxylic acids is 1. The summed E-state index contributed by atoms with van der Waals surface area (Å²) in [6.45, 7) is 6.43. The van der Waals surface area contributed by atoms with Gasteiger partial charge in [0.15, 0.2) is 6.29 Å². The van der Waals surface area contributed by atoms with Crippen LogP contribution in [-0.4, -0.2) is 19.5 Å². The highest BCUT2D eigenvalue weighted by Gasteiger charge is 2.05. The Hall–Kier alpha value is -1.29. The second kappa shape index (κ2) is 6.33. The first-order valence-corrected chi connectivity index (χ1v) is 5.64. The summed E-state index contributed by atoms with van der Waals surface area (Å²) in [6.07, 6.45) is 0.745. The first-order chi connectivity index (χ1) is 7.67. The van der Waals surface area contributed by atoms with Crippen molar-refractivity contribution in [2.75, 3.05) is 13.2 Å². The number of carbonyl (C=O) groups is 1. The number of benzene rings is 1. The summed E-state index contributed by atoms with van der Waals surface area (Å²) in [7, 11) is 0. The zero-order valence-electron chi connectivity index (χ0n) is 9.03. The van der Waals surface area contributed by atoms with E-state index in [1.54, 1.807) is 18.2 Å². The summed E-state index contributed by atoms with van der Waals surface area (Å²) < 4.78 is 11.4. The van der Waals surface area contributed by atoms with Gasteiger partial charge < -0.3 is 9.47 Å². The van der Waals surface area contributed by atoms with Crippen molar-refractivity contribution < 1.29 is 14.3 Å². The maximum atomic E-state index is 10.9. The number of aldehydes is 1. The summed E-state index contributed by atoms with van der Waals surface area (Å²) in [6, 6.07) is 5.14. The Morgan fingerprint density at radius 1 is 1.50 bits per heavy atom. The number of hydrogen-bond acceptors (Lipinski definition) is 3. The lowest BCUT2D eigenvalue weighted by atomic mass is 10.2.